The predicted octanol–water partition coefficient (Wildman–Crippen LogP) is 3.17. The van der Waals surface area contributed by atoms with Crippen molar-refractivity contribution in [1.29, 1.82) is 0 Å². The maximum Gasteiger partial charge on any atom is 0.282 e. The monoisotopic (exact) mass is 397 g/mol. The number of benzene rings is 1. The van der Waals surface area contributed by atoms with Crippen molar-refractivity contribution in [2.75, 3.05) is 5.32 Å². The number of anilines is 1. The van der Waals surface area contributed by atoms with E-state index in [9.17, 15) is 13.5 Å². The highest BCUT2D eigenvalue weighted by Crippen LogP contribution is 2.42. The van der Waals surface area contributed by atoms with Crippen LogP contribution in [0, 0.1) is 5.92 Å². The number of nitrogens with zero attached hydrogens (tertiary/aromatic N) is 2. The third kappa shape index (κ3) is 3.22. The average Bonchev–Trinajstić information content (AvgIpc) is 3.33. The Morgan fingerprint density at radius 2 is 1.89 bits per heavy atom. The van der Waals surface area contributed by atoms with Gasteiger partial charge in [0.15, 0.2) is 0 Å². The molecule has 0 bridgehead atoms. The summed E-state index contributed by atoms with van der Waals surface area (Å²) in [7, 11) is -3.80. The van der Waals surface area contributed by atoms with E-state index in [1.807, 2.05) is 18.2 Å². The minimum atomic E-state index is -3.80. The van der Waals surface area contributed by atoms with Gasteiger partial charge in [0.25, 0.3) is 10.0 Å². The Hall–Kier alpha value is -2.25. The molecule has 0 spiro atoms. The lowest BCUT2D eigenvalue weighted by atomic mass is 9.98. The normalized spacial score (nSPS) is 25.7. The van der Waals surface area contributed by atoms with Gasteiger partial charge in [0.05, 0.1) is 16.7 Å². The molecule has 1 unspecified atom stereocenters. The summed E-state index contributed by atoms with van der Waals surface area (Å²) in [5.74, 6) is 1.70. The van der Waals surface area contributed by atoms with E-state index in [-0.39, 0.29) is 4.90 Å². The molecule has 0 saturated heterocycles. The van der Waals surface area contributed by atoms with E-state index in [0.29, 0.717) is 24.6 Å². The number of hydrogen-bond donors (Lipinski definition) is 2. The third-order valence-corrected chi connectivity index (χ3v) is 7.33. The van der Waals surface area contributed by atoms with Gasteiger partial charge in [-0.15, -0.1) is 0 Å². The summed E-state index contributed by atoms with van der Waals surface area (Å²) in [4.78, 5) is 4.63. The smallest absolute Gasteiger partial charge is 0.282 e. The molecule has 6 nitrogen and oxygen atoms in total. The molecule has 3 aliphatic rings. The maximum atomic E-state index is 12.6. The number of aliphatic hydroxyl groups is 1. The van der Waals surface area contributed by atoms with Gasteiger partial charge in [-0.05, 0) is 73.8 Å². The van der Waals surface area contributed by atoms with Crippen LogP contribution in [0.4, 0.5) is 5.82 Å². The lowest BCUT2D eigenvalue weighted by molar-refractivity contribution is 0.242. The first kappa shape index (κ1) is 17.8. The summed E-state index contributed by atoms with van der Waals surface area (Å²) in [5.41, 5.74) is 3.66. The second kappa shape index (κ2) is 6.67. The lowest BCUT2D eigenvalue weighted by Gasteiger charge is -2.09. The topological polar surface area (TPSA) is 91.7 Å². The van der Waals surface area contributed by atoms with E-state index < -0.39 is 16.1 Å². The van der Waals surface area contributed by atoms with Crippen LogP contribution in [0.2, 0.25) is 0 Å². The first-order valence-electron chi connectivity index (χ1n) is 9.88. The minimum absolute atomic E-state index is 0.155. The van der Waals surface area contributed by atoms with Crippen LogP contribution >= 0.6 is 0 Å². The first-order chi connectivity index (χ1) is 13.5. The van der Waals surface area contributed by atoms with Gasteiger partial charge in [0.1, 0.15) is 5.82 Å². The van der Waals surface area contributed by atoms with Crippen LogP contribution in [0.5, 0.6) is 0 Å². The lowest BCUT2D eigenvalue weighted by Crippen LogP contribution is -2.17. The van der Waals surface area contributed by atoms with Crippen LogP contribution in [0.25, 0.3) is 11.1 Å². The van der Waals surface area contributed by atoms with Crippen LogP contribution in [-0.4, -0.2) is 36.4 Å². The van der Waals surface area contributed by atoms with Gasteiger partial charge in [-0.3, -0.25) is 0 Å². The van der Waals surface area contributed by atoms with Crippen LogP contribution in [0.15, 0.2) is 45.8 Å². The molecule has 28 heavy (non-hydrogen) atoms. The molecule has 2 atom stereocenters. The van der Waals surface area contributed by atoms with Gasteiger partial charge in [0.2, 0.25) is 0 Å². The van der Waals surface area contributed by atoms with E-state index in [0.717, 1.165) is 35.7 Å². The molecule has 1 aliphatic heterocycles. The highest BCUT2D eigenvalue weighted by atomic mass is 32.2. The Morgan fingerprint density at radius 3 is 2.57 bits per heavy atom. The Bertz CT molecular complexity index is 1040. The van der Waals surface area contributed by atoms with Crippen molar-refractivity contribution < 1.29 is 13.5 Å². The molecule has 2 saturated carbocycles. The molecule has 2 fully saturated rings. The molecule has 5 rings (SSSR count). The first-order valence-corrected chi connectivity index (χ1v) is 11.3. The molecular formula is C21H23N3O3S. The second-order valence-corrected chi connectivity index (χ2v) is 9.57. The number of hydrogen-bond acceptors (Lipinski definition) is 5. The van der Waals surface area contributed by atoms with Crippen molar-refractivity contribution >= 4 is 21.6 Å². The summed E-state index contributed by atoms with van der Waals surface area (Å²) < 4.78 is 29.0. The van der Waals surface area contributed by atoms with Gasteiger partial charge in [-0.2, -0.15) is 12.8 Å². The van der Waals surface area contributed by atoms with E-state index in [1.54, 1.807) is 18.3 Å². The zero-order valence-corrected chi connectivity index (χ0v) is 16.3. The van der Waals surface area contributed by atoms with Crippen molar-refractivity contribution in [3.63, 3.8) is 0 Å². The van der Waals surface area contributed by atoms with Crippen molar-refractivity contribution in [3.8, 4) is 11.1 Å². The average molecular weight is 398 g/mol. The third-order valence-electron chi connectivity index (χ3n) is 5.99. The molecule has 2 aromatic rings. The number of rotatable bonds is 4. The zero-order valence-electron chi connectivity index (χ0n) is 15.5. The molecule has 7 heteroatoms. The number of nitrogens with one attached hydrogen (secondary N) is 1. The molecule has 146 valence electrons. The minimum Gasteiger partial charge on any atom is -0.387 e. The molecule has 0 radical (unpaired) electrons. The largest absolute Gasteiger partial charge is 0.387 e. The van der Waals surface area contributed by atoms with Crippen LogP contribution in [-0.2, 0) is 16.4 Å². The van der Waals surface area contributed by atoms with Gasteiger partial charge >= 0.3 is 0 Å². The van der Waals surface area contributed by atoms with Gasteiger partial charge in [0, 0.05) is 17.8 Å². The zero-order chi connectivity index (χ0) is 19.3. The molecule has 2 N–H and O–H groups in total. The molecular weight excluding hydrogens is 374 g/mol. The maximum absolute atomic E-state index is 12.6. The van der Waals surface area contributed by atoms with Crippen LogP contribution < -0.4 is 5.32 Å². The van der Waals surface area contributed by atoms with Crippen molar-refractivity contribution in [2.45, 2.75) is 55.6 Å². The highest BCUT2D eigenvalue weighted by Gasteiger charge is 2.36. The number of aromatic nitrogens is 1. The van der Waals surface area contributed by atoms with Gasteiger partial charge in [-0.25, -0.2) is 4.98 Å². The summed E-state index contributed by atoms with van der Waals surface area (Å²) in [6.45, 7) is 0. The summed E-state index contributed by atoms with van der Waals surface area (Å²) in [6, 6.07) is 9.33. The summed E-state index contributed by atoms with van der Waals surface area (Å²) in [5, 5.41) is 13.4. The molecule has 1 aromatic carbocycles. The fourth-order valence-corrected chi connectivity index (χ4v) is 5.36. The van der Waals surface area contributed by atoms with Gasteiger partial charge < -0.3 is 10.4 Å². The Balaban J connectivity index is 1.43. The van der Waals surface area contributed by atoms with E-state index in [2.05, 4.69) is 14.7 Å². The number of pyridine rings is 1. The highest BCUT2D eigenvalue weighted by molar-refractivity contribution is 7.90. The van der Waals surface area contributed by atoms with Crippen molar-refractivity contribution in [2.24, 2.45) is 10.3 Å². The number of aliphatic hydroxyl groups excluding tert-OH is 1. The molecule has 1 aromatic heterocycles. The van der Waals surface area contributed by atoms with Gasteiger partial charge in [-0.1, -0.05) is 12.1 Å². The van der Waals surface area contributed by atoms with E-state index in [4.69, 9.17) is 0 Å². The van der Waals surface area contributed by atoms with E-state index >= 15 is 0 Å². The Morgan fingerprint density at radius 1 is 1.11 bits per heavy atom. The predicted molar refractivity (Wildman–Crippen MR) is 108 cm³/mol. The van der Waals surface area contributed by atoms with Crippen molar-refractivity contribution in [3.05, 3.63) is 42.1 Å². The summed E-state index contributed by atoms with van der Waals surface area (Å²) in [6.07, 6.45) is 6.49. The SMILES string of the molecule is O=S(=O)(/N=C1\CCC[C@@H]1O)c1ccc(-c2ccnc3c2CC(C2CC2)N3)cc1. The molecule has 0 amide bonds. The summed E-state index contributed by atoms with van der Waals surface area (Å²) >= 11 is 0. The van der Waals surface area contributed by atoms with Crippen LogP contribution in [0.3, 0.4) is 0 Å². The van der Waals surface area contributed by atoms with E-state index in [1.165, 1.54) is 18.4 Å². The fourth-order valence-electron chi connectivity index (χ4n) is 4.25. The Labute approximate surface area is 164 Å². The van der Waals surface area contributed by atoms with Crippen LogP contribution in [0.1, 0.15) is 37.7 Å². The molecule has 2 aliphatic carbocycles. The number of fused-ring (bicyclic) bond motifs is 1. The van der Waals surface area contributed by atoms with Crippen molar-refractivity contribution in [1.82, 2.24) is 4.98 Å². The second-order valence-electron chi connectivity index (χ2n) is 7.97. The fraction of sp³-hybridized carbons (Fsp3) is 0.429. The molecule has 2 heterocycles. The quantitative estimate of drug-likeness (QED) is 0.827. The Kier molecular flexibility index (Phi) is 4.25. The number of sulfonamides is 1. The standard InChI is InChI=1S/C21H23N3O3S/c25-20-3-1-2-18(20)24-28(26,27)15-8-6-13(7-9-15)16-10-11-22-21-17(16)12-19(23-21)14-4-5-14/h6-11,14,19-20,25H,1-5,12H2,(H,22,23)/b24-18+/t19?,20-/m0/s1.